The lowest BCUT2D eigenvalue weighted by molar-refractivity contribution is 0.869. The van der Waals surface area contributed by atoms with Gasteiger partial charge in [0.2, 0.25) is 0 Å². The molecule has 0 unspecified atom stereocenters. The van der Waals surface area contributed by atoms with Crippen molar-refractivity contribution in [1.82, 2.24) is 14.8 Å². The molecule has 0 saturated heterocycles. The fourth-order valence-electron chi connectivity index (χ4n) is 2.25. The molecule has 20 heavy (non-hydrogen) atoms. The van der Waals surface area contributed by atoms with Crippen LogP contribution in [-0.2, 0) is 7.05 Å². The summed E-state index contributed by atoms with van der Waals surface area (Å²) in [7, 11) is 1.72. The first kappa shape index (κ1) is 12.4. The van der Waals surface area contributed by atoms with E-state index in [1.54, 1.807) is 7.05 Å². The molecule has 4 nitrogen and oxygen atoms in total. The molecule has 3 rings (SSSR count). The molecule has 0 radical (unpaired) electrons. The van der Waals surface area contributed by atoms with E-state index in [-0.39, 0.29) is 5.69 Å². The van der Waals surface area contributed by atoms with Gasteiger partial charge in [0.05, 0.1) is 0 Å². The zero-order valence-electron chi connectivity index (χ0n) is 11.4. The Hall–Kier alpha value is -2.62. The summed E-state index contributed by atoms with van der Waals surface area (Å²) in [4.78, 5) is 11.6. The Balaban J connectivity index is 2.21. The zero-order valence-corrected chi connectivity index (χ0v) is 11.4. The van der Waals surface area contributed by atoms with Crippen LogP contribution in [0.2, 0.25) is 0 Å². The summed E-state index contributed by atoms with van der Waals surface area (Å²) < 4.78 is 1.52. The average Bonchev–Trinajstić information content (AvgIpc) is 2.80. The lowest BCUT2D eigenvalue weighted by Gasteiger charge is -2.09. The molecule has 0 aliphatic rings. The summed E-state index contributed by atoms with van der Waals surface area (Å²) in [6.07, 6.45) is 0. The molecule has 0 saturated carbocycles. The van der Waals surface area contributed by atoms with Gasteiger partial charge in [0.25, 0.3) is 0 Å². The molecule has 1 aromatic heterocycles. The number of hydrogen-bond donors (Lipinski definition) is 1. The average molecular weight is 265 g/mol. The molecule has 1 N–H and O–H groups in total. The highest BCUT2D eigenvalue weighted by molar-refractivity contribution is 5.80. The van der Waals surface area contributed by atoms with Gasteiger partial charge in [-0.05, 0) is 18.1 Å². The first-order valence-corrected chi connectivity index (χ1v) is 6.44. The van der Waals surface area contributed by atoms with E-state index < -0.39 is 0 Å². The Labute approximate surface area is 116 Å². The van der Waals surface area contributed by atoms with Gasteiger partial charge in [-0.25, -0.2) is 9.89 Å². The van der Waals surface area contributed by atoms with Crippen LogP contribution >= 0.6 is 0 Å². The van der Waals surface area contributed by atoms with Crippen molar-refractivity contribution in [3.63, 3.8) is 0 Å². The van der Waals surface area contributed by atoms with Gasteiger partial charge < -0.3 is 0 Å². The maximum absolute atomic E-state index is 11.6. The minimum Gasteiger partial charge on any atom is -0.278 e. The molecule has 3 aromatic rings. The summed E-state index contributed by atoms with van der Waals surface area (Å²) in [5, 5.41) is 6.60. The summed E-state index contributed by atoms with van der Waals surface area (Å²) in [6, 6.07) is 16.3. The minimum atomic E-state index is -0.210. The monoisotopic (exact) mass is 265 g/mol. The molecule has 0 atom stereocenters. The topological polar surface area (TPSA) is 50.7 Å². The molecule has 4 heteroatoms. The van der Waals surface area contributed by atoms with E-state index in [2.05, 4.69) is 41.4 Å². The number of nitrogens with one attached hydrogen (secondary N) is 1. The highest BCUT2D eigenvalue weighted by Gasteiger charge is 2.12. The number of aryl methyl sites for hydroxylation is 1. The SMILES string of the molecule is Cc1ccc(-c2ccccc2-c2n[nH]c(=O)n2C)cc1. The van der Waals surface area contributed by atoms with E-state index in [0.29, 0.717) is 5.82 Å². The van der Waals surface area contributed by atoms with Crippen LogP contribution in [0.25, 0.3) is 22.5 Å². The van der Waals surface area contributed by atoms with Gasteiger partial charge in [0.1, 0.15) is 0 Å². The number of rotatable bonds is 2. The molecule has 100 valence electrons. The Morgan fingerprint density at radius 1 is 1.00 bits per heavy atom. The fraction of sp³-hybridized carbons (Fsp3) is 0.125. The summed E-state index contributed by atoms with van der Waals surface area (Å²) in [6.45, 7) is 2.06. The first-order valence-electron chi connectivity index (χ1n) is 6.44. The van der Waals surface area contributed by atoms with Crippen molar-refractivity contribution in [2.24, 2.45) is 7.05 Å². The van der Waals surface area contributed by atoms with Crippen molar-refractivity contribution in [3.05, 3.63) is 64.6 Å². The highest BCUT2D eigenvalue weighted by atomic mass is 16.1. The molecule has 2 aromatic carbocycles. The number of benzene rings is 2. The molecular weight excluding hydrogens is 250 g/mol. The van der Waals surface area contributed by atoms with Crippen LogP contribution in [0.5, 0.6) is 0 Å². The number of H-pyrrole nitrogens is 1. The first-order chi connectivity index (χ1) is 9.66. The minimum absolute atomic E-state index is 0.210. The van der Waals surface area contributed by atoms with E-state index >= 15 is 0 Å². The number of aromatic nitrogens is 3. The predicted molar refractivity (Wildman–Crippen MR) is 79.4 cm³/mol. The van der Waals surface area contributed by atoms with Crippen molar-refractivity contribution in [2.45, 2.75) is 6.92 Å². The van der Waals surface area contributed by atoms with Crippen LogP contribution < -0.4 is 5.69 Å². The van der Waals surface area contributed by atoms with Gasteiger partial charge in [0.15, 0.2) is 5.82 Å². The van der Waals surface area contributed by atoms with Crippen LogP contribution in [0.15, 0.2) is 53.3 Å². The van der Waals surface area contributed by atoms with E-state index in [4.69, 9.17) is 0 Å². The van der Waals surface area contributed by atoms with Crippen LogP contribution in [0.3, 0.4) is 0 Å². The van der Waals surface area contributed by atoms with Crippen LogP contribution in [0.1, 0.15) is 5.56 Å². The molecule has 0 bridgehead atoms. The third-order valence-corrected chi connectivity index (χ3v) is 3.41. The van der Waals surface area contributed by atoms with Gasteiger partial charge >= 0.3 is 5.69 Å². The lowest BCUT2D eigenvalue weighted by Crippen LogP contribution is -2.13. The van der Waals surface area contributed by atoms with Gasteiger partial charge in [-0.3, -0.25) is 4.57 Å². The maximum Gasteiger partial charge on any atom is 0.343 e. The summed E-state index contributed by atoms with van der Waals surface area (Å²) >= 11 is 0. The fourth-order valence-corrected chi connectivity index (χ4v) is 2.25. The van der Waals surface area contributed by atoms with Crippen molar-refractivity contribution < 1.29 is 0 Å². The van der Waals surface area contributed by atoms with Gasteiger partial charge in [-0.2, -0.15) is 5.10 Å². The maximum atomic E-state index is 11.6. The Morgan fingerprint density at radius 3 is 2.25 bits per heavy atom. The summed E-state index contributed by atoms with van der Waals surface area (Å²) in [5.74, 6) is 0.645. The number of aromatic amines is 1. The Bertz CT molecular complexity index is 797. The van der Waals surface area contributed by atoms with E-state index in [1.807, 2.05) is 24.3 Å². The van der Waals surface area contributed by atoms with Crippen molar-refractivity contribution in [1.29, 1.82) is 0 Å². The zero-order chi connectivity index (χ0) is 14.1. The van der Waals surface area contributed by atoms with Gasteiger partial charge in [0, 0.05) is 12.6 Å². The quantitative estimate of drug-likeness (QED) is 0.774. The second kappa shape index (κ2) is 4.81. The van der Waals surface area contributed by atoms with Crippen LogP contribution in [0, 0.1) is 6.92 Å². The second-order valence-corrected chi connectivity index (χ2v) is 4.82. The molecule has 0 aliphatic heterocycles. The third kappa shape index (κ3) is 2.05. The van der Waals surface area contributed by atoms with Crippen molar-refractivity contribution in [2.75, 3.05) is 0 Å². The number of hydrogen-bond acceptors (Lipinski definition) is 2. The lowest BCUT2D eigenvalue weighted by atomic mass is 9.98. The predicted octanol–water partition coefficient (Wildman–Crippen LogP) is 2.75. The molecule has 1 heterocycles. The molecular formula is C16H15N3O. The van der Waals surface area contributed by atoms with E-state index in [0.717, 1.165) is 16.7 Å². The normalized spacial score (nSPS) is 10.7. The molecule has 0 fully saturated rings. The molecule has 0 amide bonds. The van der Waals surface area contributed by atoms with Gasteiger partial charge in [-0.15, -0.1) is 0 Å². The third-order valence-electron chi connectivity index (χ3n) is 3.41. The Morgan fingerprint density at radius 2 is 1.65 bits per heavy atom. The summed E-state index contributed by atoms with van der Waals surface area (Å²) in [5.41, 5.74) is 4.13. The number of nitrogens with zero attached hydrogens (tertiary/aromatic N) is 2. The van der Waals surface area contributed by atoms with Crippen molar-refractivity contribution >= 4 is 0 Å². The molecule has 0 spiro atoms. The largest absolute Gasteiger partial charge is 0.343 e. The van der Waals surface area contributed by atoms with Gasteiger partial charge in [-0.1, -0.05) is 54.1 Å². The molecule has 0 aliphatic carbocycles. The highest BCUT2D eigenvalue weighted by Crippen LogP contribution is 2.30. The second-order valence-electron chi connectivity index (χ2n) is 4.82. The standard InChI is InChI=1S/C16H15N3O/c1-11-7-9-12(10-8-11)13-5-3-4-6-14(13)15-17-18-16(20)19(15)2/h3-10H,1-2H3,(H,18,20). The van der Waals surface area contributed by atoms with Crippen molar-refractivity contribution in [3.8, 4) is 22.5 Å². The Kier molecular flexibility index (Phi) is 2.99. The smallest absolute Gasteiger partial charge is 0.278 e. The van der Waals surface area contributed by atoms with Crippen LogP contribution in [-0.4, -0.2) is 14.8 Å². The van der Waals surface area contributed by atoms with E-state index in [9.17, 15) is 4.79 Å². The van der Waals surface area contributed by atoms with Crippen LogP contribution in [0.4, 0.5) is 0 Å². The van der Waals surface area contributed by atoms with E-state index in [1.165, 1.54) is 10.1 Å².